The van der Waals surface area contributed by atoms with E-state index in [1.54, 1.807) is 31.1 Å². The molecule has 5 nitrogen and oxygen atoms in total. The van der Waals surface area contributed by atoms with Crippen LogP contribution in [0.15, 0.2) is 18.2 Å². The first-order valence-electron chi connectivity index (χ1n) is 7.85. The summed E-state index contributed by atoms with van der Waals surface area (Å²) in [5, 5.41) is 0. The highest BCUT2D eigenvalue weighted by molar-refractivity contribution is 5.78. The molecule has 1 aromatic rings. The number of rotatable bonds is 4. The fourth-order valence-corrected chi connectivity index (χ4v) is 2.97. The largest absolute Gasteiger partial charge is 0.494 e. The average molecular weight is 323 g/mol. The van der Waals surface area contributed by atoms with E-state index in [0.29, 0.717) is 13.1 Å². The number of amides is 1. The molecular formula is C17H26FN3O2. The van der Waals surface area contributed by atoms with Crippen LogP contribution in [0.3, 0.4) is 0 Å². The molecule has 23 heavy (non-hydrogen) atoms. The van der Waals surface area contributed by atoms with Gasteiger partial charge in [-0.3, -0.25) is 9.69 Å². The van der Waals surface area contributed by atoms with Crippen LogP contribution in [0.1, 0.15) is 5.56 Å². The molecular weight excluding hydrogens is 297 g/mol. The van der Waals surface area contributed by atoms with E-state index < -0.39 is 0 Å². The molecule has 1 aliphatic rings. The highest BCUT2D eigenvalue weighted by Gasteiger charge is 2.27. The zero-order valence-electron chi connectivity index (χ0n) is 14.4. The maximum absolute atomic E-state index is 13.5. The first-order chi connectivity index (χ1) is 10.9. The van der Waals surface area contributed by atoms with Crippen molar-refractivity contribution in [1.82, 2.24) is 14.7 Å². The molecule has 0 aromatic heterocycles. The van der Waals surface area contributed by atoms with E-state index >= 15 is 0 Å². The van der Waals surface area contributed by atoms with Crippen LogP contribution in [0, 0.1) is 11.7 Å². The lowest BCUT2D eigenvalue weighted by atomic mass is 10.1. The van der Waals surface area contributed by atoms with Gasteiger partial charge in [-0.1, -0.05) is 6.07 Å². The van der Waals surface area contributed by atoms with E-state index in [4.69, 9.17) is 4.74 Å². The van der Waals surface area contributed by atoms with Crippen molar-refractivity contribution in [3.05, 3.63) is 29.6 Å². The third-order valence-electron chi connectivity index (χ3n) is 4.22. The van der Waals surface area contributed by atoms with Gasteiger partial charge in [-0.05, 0) is 24.7 Å². The Hall–Kier alpha value is -1.66. The quantitative estimate of drug-likeness (QED) is 0.836. The SMILES string of the molecule is COc1cc(CN2CCN(C)CC(C(=O)N(C)C)C2)ccc1F. The Balaban J connectivity index is 2.10. The molecule has 1 aromatic carbocycles. The molecule has 0 aliphatic carbocycles. The van der Waals surface area contributed by atoms with Crippen molar-refractivity contribution < 1.29 is 13.9 Å². The third-order valence-corrected chi connectivity index (χ3v) is 4.22. The topological polar surface area (TPSA) is 36.0 Å². The summed E-state index contributed by atoms with van der Waals surface area (Å²) in [6.45, 7) is 3.95. The first kappa shape index (κ1) is 17.7. The van der Waals surface area contributed by atoms with Crippen LogP contribution in [0.2, 0.25) is 0 Å². The Bertz CT molecular complexity index is 551. The maximum atomic E-state index is 13.5. The molecule has 0 spiro atoms. The number of hydrogen-bond donors (Lipinski definition) is 0. The highest BCUT2D eigenvalue weighted by atomic mass is 19.1. The van der Waals surface area contributed by atoms with Gasteiger partial charge in [0.1, 0.15) is 0 Å². The van der Waals surface area contributed by atoms with Gasteiger partial charge in [0, 0.05) is 46.8 Å². The minimum atomic E-state index is -0.354. The fraction of sp³-hybridized carbons (Fsp3) is 0.588. The molecule has 2 rings (SSSR count). The number of carbonyl (C=O) groups excluding carboxylic acids is 1. The zero-order chi connectivity index (χ0) is 17.0. The molecule has 0 saturated carbocycles. The van der Waals surface area contributed by atoms with Crippen LogP contribution in [-0.4, -0.2) is 75.0 Å². The lowest BCUT2D eigenvalue weighted by Gasteiger charge is -2.25. The standard InChI is InChI=1S/C17H26FN3O2/c1-19(2)17(22)14-11-20(3)7-8-21(12-14)10-13-5-6-15(18)16(9-13)23-4/h5-6,9,14H,7-8,10-12H2,1-4H3. The predicted octanol–water partition coefficient (Wildman–Crippen LogP) is 1.29. The van der Waals surface area contributed by atoms with E-state index in [1.807, 2.05) is 7.05 Å². The molecule has 0 radical (unpaired) electrons. The molecule has 1 amide bonds. The van der Waals surface area contributed by atoms with Gasteiger partial charge in [-0.2, -0.15) is 0 Å². The lowest BCUT2D eigenvalue weighted by molar-refractivity contribution is -0.133. The number of likely N-dealkylation sites (N-methyl/N-ethyl adjacent to an activating group) is 1. The molecule has 0 N–H and O–H groups in total. The van der Waals surface area contributed by atoms with Crippen molar-refractivity contribution in [3.63, 3.8) is 0 Å². The second kappa shape index (κ2) is 7.75. The Labute approximate surface area is 137 Å². The van der Waals surface area contributed by atoms with Crippen molar-refractivity contribution in [2.75, 3.05) is 54.4 Å². The highest BCUT2D eigenvalue weighted by Crippen LogP contribution is 2.20. The summed E-state index contributed by atoms with van der Waals surface area (Å²) >= 11 is 0. The van der Waals surface area contributed by atoms with Crippen LogP contribution >= 0.6 is 0 Å². The fourth-order valence-electron chi connectivity index (χ4n) is 2.97. The van der Waals surface area contributed by atoms with Gasteiger partial charge >= 0.3 is 0 Å². The predicted molar refractivity (Wildman–Crippen MR) is 87.9 cm³/mol. The van der Waals surface area contributed by atoms with Crippen molar-refractivity contribution in [1.29, 1.82) is 0 Å². The van der Waals surface area contributed by atoms with Crippen LogP contribution in [-0.2, 0) is 11.3 Å². The summed E-state index contributed by atoms with van der Waals surface area (Å²) in [6, 6.07) is 4.93. The van der Waals surface area contributed by atoms with Gasteiger partial charge in [-0.25, -0.2) is 4.39 Å². The Morgan fingerprint density at radius 2 is 2.09 bits per heavy atom. The number of ether oxygens (including phenoxy) is 1. The summed E-state index contributed by atoms with van der Waals surface area (Å²) in [5.41, 5.74) is 0.990. The number of nitrogens with zero attached hydrogens (tertiary/aromatic N) is 3. The number of hydrogen-bond acceptors (Lipinski definition) is 4. The van der Waals surface area contributed by atoms with Gasteiger partial charge in [0.15, 0.2) is 11.6 Å². The molecule has 128 valence electrons. The summed E-state index contributed by atoms with van der Waals surface area (Å²) in [7, 11) is 7.10. The third kappa shape index (κ3) is 4.65. The molecule has 6 heteroatoms. The molecule has 0 bridgehead atoms. The van der Waals surface area contributed by atoms with E-state index in [9.17, 15) is 9.18 Å². The first-order valence-corrected chi connectivity index (χ1v) is 7.85. The second-order valence-corrected chi connectivity index (χ2v) is 6.40. The molecule has 1 saturated heterocycles. The van der Waals surface area contributed by atoms with Crippen molar-refractivity contribution in [2.45, 2.75) is 6.54 Å². The van der Waals surface area contributed by atoms with Crippen molar-refractivity contribution in [2.24, 2.45) is 5.92 Å². The monoisotopic (exact) mass is 323 g/mol. The van der Waals surface area contributed by atoms with Crippen molar-refractivity contribution in [3.8, 4) is 5.75 Å². The molecule has 1 heterocycles. The molecule has 1 fully saturated rings. The normalized spacial score (nSPS) is 20.1. The number of carbonyl (C=O) groups is 1. The lowest BCUT2D eigenvalue weighted by Crippen LogP contribution is -2.40. The molecule has 1 unspecified atom stereocenters. The Morgan fingerprint density at radius 3 is 2.74 bits per heavy atom. The van der Waals surface area contributed by atoms with E-state index in [1.165, 1.54) is 13.2 Å². The van der Waals surface area contributed by atoms with Crippen LogP contribution in [0.5, 0.6) is 5.75 Å². The van der Waals surface area contributed by atoms with E-state index in [2.05, 4.69) is 9.80 Å². The zero-order valence-corrected chi connectivity index (χ0v) is 14.4. The average Bonchev–Trinajstić information content (AvgIpc) is 2.70. The molecule has 1 atom stereocenters. The van der Waals surface area contributed by atoms with E-state index in [-0.39, 0.29) is 23.4 Å². The summed E-state index contributed by atoms with van der Waals surface area (Å²) in [5.74, 6) is 0.0168. The van der Waals surface area contributed by atoms with Gasteiger partial charge in [0.2, 0.25) is 5.91 Å². The number of benzene rings is 1. The van der Waals surface area contributed by atoms with Crippen LogP contribution in [0.25, 0.3) is 0 Å². The van der Waals surface area contributed by atoms with Gasteiger partial charge in [-0.15, -0.1) is 0 Å². The number of halogens is 1. The van der Waals surface area contributed by atoms with Crippen LogP contribution < -0.4 is 4.74 Å². The minimum absolute atomic E-state index is 0.0418. The maximum Gasteiger partial charge on any atom is 0.227 e. The second-order valence-electron chi connectivity index (χ2n) is 6.40. The van der Waals surface area contributed by atoms with E-state index in [0.717, 1.165) is 25.2 Å². The minimum Gasteiger partial charge on any atom is -0.494 e. The Kier molecular flexibility index (Phi) is 5.96. The number of methoxy groups -OCH3 is 1. The Morgan fingerprint density at radius 1 is 1.35 bits per heavy atom. The smallest absolute Gasteiger partial charge is 0.227 e. The summed E-state index contributed by atoms with van der Waals surface area (Å²) in [6.07, 6.45) is 0. The van der Waals surface area contributed by atoms with Crippen molar-refractivity contribution >= 4 is 5.91 Å². The van der Waals surface area contributed by atoms with Crippen LogP contribution in [0.4, 0.5) is 4.39 Å². The van der Waals surface area contributed by atoms with Gasteiger partial charge in [0.25, 0.3) is 0 Å². The molecule has 1 aliphatic heterocycles. The summed E-state index contributed by atoms with van der Waals surface area (Å²) in [4.78, 5) is 18.4. The van der Waals surface area contributed by atoms with Gasteiger partial charge < -0.3 is 14.5 Å². The summed E-state index contributed by atoms with van der Waals surface area (Å²) < 4.78 is 18.6. The van der Waals surface area contributed by atoms with Gasteiger partial charge in [0.05, 0.1) is 13.0 Å².